The van der Waals surface area contributed by atoms with E-state index < -0.39 is 0 Å². The van der Waals surface area contributed by atoms with Crippen LogP contribution >= 0.6 is 0 Å². The van der Waals surface area contributed by atoms with Gasteiger partial charge < -0.3 is 19.9 Å². The predicted octanol–water partition coefficient (Wildman–Crippen LogP) is 2.76. The minimum Gasteiger partial charge on any atom is -0.497 e. The molecule has 1 unspecified atom stereocenters. The maximum absolute atomic E-state index is 11.8. The molecule has 1 amide bonds. The summed E-state index contributed by atoms with van der Waals surface area (Å²) in [5.41, 5.74) is 1.73. The lowest BCUT2D eigenvalue weighted by Gasteiger charge is -2.20. The van der Waals surface area contributed by atoms with Crippen molar-refractivity contribution >= 4 is 5.91 Å². The van der Waals surface area contributed by atoms with E-state index in [1.807, 2.05) is 48.6 Å². The maximum atomic E-state index is 11.8. The predicted molar refractivity (Wildman–Crippen MR) is 109 cm³/mol. The highest BCUT2D eigenvalue weighted by Gasteiger charge is 2.26. The standard InChI is InChI=1S/C21H22N6O3/c1-29-15-9-7-14(8-10-15)19-24-18(30-27-19)13-22-11-4-12-23-20-16-5-2-3-6-17(16)21(28)26-25-20/h2-3,5-10,17,22-23H,4,11-13H2,1H3. The number of carbonyl (C=O) groups is 1. The second kappa shape index (κ2) is 9.27. The SMILES string of the molecule is COc1ccc(-c2noc(CNCCCNC3=C4C=CC=CC4C(=O)N=N3)n2)cc1. The molecule has 2 heterocycles. The van der Waals surface area contributed by atoms with Gasteiger partial charge in [-0.2, -0.15) is 4.98 Å². The van der Waals surface area contributed by atoms with E-state index in [1.54, 1.807) is 7.11 Å². The first-order chi connectivity index (χ1) is 14.7. The first-order valence-electron chi connectivity index (χ1n) is 9.71. The Kier molecular flexibility index (Phi) is 6.09. The minimum absolute atomic E-state index is 0.230. The zero-order chi connectivity index (χ0) is 20.8. The van der Waals surface area contributed by atoms with Crippen LogP contribution in [0.25, 0.3) is 11.4 Å². The monoisotopic (exact) mass is 406 g/mol. The molecule has 9 nitrogen and oxygen atoms in total. The van der Waals surface area contributed by atoms with Gasteiger partial charge in [0.15, 0.2) is 5.82 Å². The second-order valence-corrected chi connectivity index (χ2v) is 6.76. The molecule has 0 radical (unpaired) electrons. The molecule has 1 aliphatic carbocycles. The third-order valence-corrected chi connectivity index (χ3v) is 4.73. The van der Waals surface area contributed by atoms with Gasteiger partial charge in [0.2, 0.25) is 11.7 Å². The van der Waals surface area contributed by atoms with E-state index in [1.165, 1.54) is 0 Å². The smallest absolute Gasteiger partial charge is 0.276 e. The number of aromatic nitrogens is 2. The highest BCUT2D eigenvalue weighted by molar-refractivity contribution is 5.86. The van der Waals surface area contributed by atoms with E-state index in [0.29, 0.717) is 30.6 Å². The van der Waals surface area contributed by atoms with Crippen LogP contribution in [0.2, 0.25) is 0 Å². The molecule has 1 atom stereocenters. The normalized spacial score (nSPS) is 17.4. The van der Waals surface area contributed by atoms with E-state index in [0.717, 1.165) is 29.9 Å². The van der Waals surface area contributed by atoms with Gasteiger partial charge in [-0.1, -0.05) is 29.5 Å². The lowest BCUT2D eigenvalue weighted by atomic mass is 9.93. The number of methoxy groups -OCH3 is 1. The number of hydrogen-bond donors (Lipinski definition) is 2. The molecule has 1 aliphatic heterocycles. The number of allylic oxidation sites excluding steroid dienone is 3. The highest BCUT2D eigenvalue weighted by atomic mass is 16.5. The largest absolute Gasteiger partial charge is 0.497 e. The number of nitrogens with one attached hydrogen (secondary N) is 2. The van der Waals surface area contributed by atoms with Crippen molar-refractivity contribution in [3.05, 3.63) is 65.9 Å². The summed E-state index contributed by atoms with van der Waals surface area (Å²) in [7, 11) is 1.63. The van der Waals surface area contributed by atoms with Crippen LogP contribution in [0.15, 0.2) is 74.7 Å². The summed E-state index contributed by atoms with van der Waals surface area (Å²) in [5.74, 6) is 1.95. The lowest BCUT2D eigenvalue weighted by molar-refractivity contribution is -0.120. The maximum Gasteiger partial charge on any atom is 0.276 e. The summed E-state index contributed by atoms with van der Waals surface area (Å²) in [6.07, 6.45) is 8.34. The quantitative estimate of drug-likeness (QED) is 0.616. The average Bonchev–Trinajstić information content (AvgIpc) is 3.27. The second-order valence-electron chi connectivity index (χ2n) is 6.76. The Labute approximate surface area is 173 Å². The molecule has 0 bridgehead atoms. The van der Waals surface area contributed by atoms with Gasteiger partial charge in [-0.25, -0.2) is 0 Å². The molecule has 1 aromatic heterocycles. The summed E-state index contributed by atoms with van der Waals surface area (Å²) in [4.78, 5) is 16.2. The summed E-state index contributed by atoms with van der Waals surface area (Å²) in [6.45, 7) is 1.94. The Morgan fingerprint density at radius 3 is 2.83 bits per heavy atom. The van der Waals surface area contributed by atoms with Crippen molar-refractivity contribution in [2.45, 2.75) is 13.0 Å². The fraction of sp³-hybridized carbons (Fsp3) is 0.286. The van der Waals surface area contributed by atoms with Crippen molar-refractivity contribution in [3.8, 4) is 17.1 Å². The molecule has 1 aromatic carbocycles. The average molecular weight is 406 g/mol. The van der Waals surface area contributed by atoms with Crippen molar-refractivity contribution < 1.29 is 14.1 Å². The highest BCUT2D eigenvalue weighted by Crippen LogP contribution is 2.27. The first-order valence-corrected chi connectivity index (χ1v) is 9.71. The number of amides is 1. The summed E-state index contributed by atoms with van der Waals surface area (Å²) < 4.78 is 10.4. The number of carbonyl (C=O) groups excluding carboxylic acids is 1. The molecule has 2 aliphatic rings. The van der Waals surface area contributed by atoms with E-state index in [2.05, 4.69) is 31.0 Å². The lowest BCUT2D eigenvalue weighted by Crippen LogP contribution is -2.26. The molecule has 154 valence electrons. The van der Waals surface area contributed by atoms with Gasteiger partial charge in [-0.05, 0) is 37.2 Å². The molecular weight excluding hydrogens is 384 g/mol. The Morgan fingerprint density at radius 1 is 1.13 bits per heavy atom. The fourth-order valence-electron chi connectivity index (χ4n) is 3.14. The van der Waals surface area contributed by atoms with E-state index in [9.17, 15) is 4.79 Å². The molecule has 0 fully saturated rings. The molecule has 0 saturated heterocycles. The van der Waals surface area contributed by atoms with Gasteiger partial charge in [0.25, 0.3) is 5.91 Å². The molecule has 2 N–H and O–H groups in total. The van der Waals surface area contributed by atoms with Gasteiger partial charge in [0.05, 0.1) is 19.6 Å². The number of azo groups is 1. The van der Waals surface area contributed by atoms with E-state index >= 15 is 0 Å². The molecule has 0 saturated carbocycles. The Morgan fingerprint density at radius 2 is 2.00 bits per heavy atom. The van der Waals surface area contributed by atoms with Gasteiger partial charge in [-0.15, -0.1) is 10.2 Å². The van der Waals surface area contributed by atoms with Crippen LogP contribution in [0.1, 0.15) is 12.3 Å². The van der Waals surface area contributed by atoms with E-state index in [-0.39, 0.29) is 11.8 Å². The van der Waals surface area contributed by atoms with Crippen molar-refractivity contribution in [2.75, 3.05) is 20.2 Å². The van der Waals surface area contributed by atoms with Gasteiger partial charge in [0, 0.05) is 17.7 Å². The van der Waals surface area contributed by atoms with Gasteiger partial charge in [-0.3, -0.25) is 4.79 Å². The number of rotatable bonds is 9. The number of benzene rings is 1. The number of nitrogens with zero attached hydrogens (tertiary/aromatic N) is 4. The molecular formula is C21H22N6O3. The Hall–Kier alpha value is -3.59. The number of fused-ring (bicyclic) bond motifs is 1. The van der Waals surface area contributed by atoms with Crippen LogP contribution in [-0.2, 0) is 11.3 Å². The molecule has 2 aromatic rings. The zero-order valence-electron chi connectivity index (χ0n) is 16.5. The van der Waals surface area contributed by atoms with E-state index in [4.69, 9.17) is 9.26 Å². The minimum atomic E-state index is -0.328. The first kappa shape index (κ1) is 19.7. The van der Waals surface area contributed by atoms with Crippen LogP contribution in [0.4, 0.5) is 0 Å². The van der Waals surface area contributed by atoms with Crippen LogP contribution in [0.5, 0.6) is 5.75 Å². The third-order valence-electron chi connectivity index (χ3n) is 4.73. The Balaban J connectivity index is 1.20. The van der Waals surface area contributed by atoms with Crippen molar-refractivity contribution in [1.82, 2.24) is 20.8 Å². The zero-order valence-corrected chi connectivity index (χ0v) is 16.5. The summed E-state index contributed by atoms with van der Waals surface area (Å²) in [5, 5.41) is 18.3. The van der Waals surface area contributed by atoms with Crippen LogP contribution < -0.4 is 15.4 Å². The molecule has 4 rings (SSSR count). The number of hydrogen-bond acceptors (Lipinski definition) is 8. The molecule has 9 heteroatoms. The van der Waals surface area contributed by atoms with Gasteiger partial charge >= 0.3 is 0 Å². The molecule has 30 heavy (non-hydrogen) atoms. The van der Waals surface area contributed by atoms with Crippen LogP contribution in [0, 0.1) is 5.92 Å². The summed E-state index contributed by atoms with van der Waals surface area (Å²) in [6, 6.07) is 7.49. The molecule has 0 spiro atoms. The van der Waals surface area contributed by atoms with Gasteiger partial charge in [0.1, 0.15) is 5.75 Å². The topological polar surface area (TPSA) is 114 Å². The van der Waals surface area contributed by atoms with Crippen molar-refractivity contribution in [3.63, 3.8) is 0 Å². The van der Waals surface area contributed by atoms with Crippen LogP contribution in [0.3, 0.4) is 0 Å². The Bertz CT molecular complexity index is 1020. The van der Waals surface area contributed by atoms with Crippen molar-refractivity contribution in [1.29, 1.82) is 0 Å². The van der Waals surface area contributed by atoms with Crippen LogP contribution in [-0.4, -0.2) is 36.2 Å². The number of ether oxygens (including phenoxy) is 1. The summed E-state index contributed by atoms with van der Waals surface area (Å²) >= 11 is 0. The third kappa shape index (κ3) is 4.52. The fourth-order valence-corrected chi connectivity index (χ4v) is 3.14. The van der Waals surface area contributed by atoms with Crippen molar-refractivity contribution in [2.24, 2.45) is 16.1 Å².